The molecule has 6 heteroatoms. The number of nitrogens with one attached hydrogen (secondary N) is 2. The summed E-state index contributed by atoms with van der Waals surface area (Å²) in [6.45, 7) is 0.626. The van der Waals surface area contributed by atoms with Crippen LogP contribution in [0, 0.1) is 0 Å². The van der Waals surface area contributed by atoms with Gasteiger partial charge in [0, 0.05) is 25.4 Å². The lowest BCUT2D eigenvalue weighted by atomic mass is 10.1. The minimum Gasteiger partial charge on any atom is -0.354 e. The zero-order valence-electron chi connectivity index (χ0n) is 12.2. The first kappa shape index (κ1) is 17.2. The van der Waals surface area contributed by atoms with Crippen molar-refractivity contribution in [3.63, 3.8) is 0 Å². The van der Waals surface area contributed by atoms with Gasteiger partial charge in [-0.3, -0.25) is 9.48 Å². The molecule has 1 aromatic heterocycles. The average Bonchev–Trinajstić information content (AvgIpc) is 2.87. The zero-order chi connectivity index (χ0) is 14.4. The molecule has 0 saturated carbocycles. The first-order chi connectivity index (χ1) is 9.70. The largest absolute Gasteiger partial charge is 0.354 e. The van der Waals surface area contributed by atoms with Crippen molar-refractivity contribution in [1.29, 1.82) is 0 Å². The molecule has 0 aliphatic heterocycles. The number of amides is 1. The van der Waals surface area contributed by atoms with Gasteiger partial charge in [0.25, 0.3) is 0 Å². The topological polar surface area (TPSA) is 59.0 Å². The Hall–Kier alpha value is -1.85. The summed E-state index contributed by atoms with van der Waals surface area (Å²) in [6, 6.07) is 9.75. The summed E-state index contributed by atoms with van der Waals surface area (Å²) in [6.07, 6.45) is 4.38. The van der Waals surface area contributed by atoms with Crippen LogP contribution in [-0.4, -0.2) is 29.3 Å². The van der Waals surface area contributed by atoms with E-state index >= 15 is 0 Å². The van der Waals surface area contributed by atoms with E-state index in [-0.39, 0.29) is 24.4 Å². The molecule has 1 atom stereocenters. The number of halogens is 1. The predicted molar refractivity (Wildman–Crippen MR) is 85.4 cm³/mol. The highest BCUT2D eigenvalue weighted by Crippen LogP contribution is 2.11. The van der Waals surface area contributed by atoms with Gasteiger partial charge in [-0.2, -0.15) is 5.10 Å². The molecule has 0 spiro atoms. The molecule has 1 amide bonds. The van der Waals surface area contributed by atoms with Crippen LogP contribution in [0.3, 0.4) is 0 Å². The molecule has 0 bridgehead atoms. The summed E-state index contributed by atoms with van der Waals surface area (Å²) in [5.41, 5.74) is 2.09. The molecule has 0 fully saturated rings. The summed E-state index contributed by atoms with van der Waals surface area (Å²) in [5.74, 6) is -0.0311. The normalized spacial score (nSPS) is 11.5. The third-order valence-corrected chi connectivity index (χ3v) is 3.16. The van der Waals surface area contributed by atoms with Crippen molar-refractivity contribution in [2.75, 3.05) is 13.6 Å². The third kappa shape index (κ3) is 4.88. The molecule has 5 nitrogen and oxygen atoms in total. The Kier molecular flexibility index (Phi) is 6.91. The number of rotatable bonds is 6. The molecule has 1 unspecified atom stereocenters. The quantitative estimate of drug-likeness (QED) is 0.849. The van der Waals surface area contributed by atoms with E-state index in [0.717, 1.165) is 12.0 Å². The molecule has 0 radical (unpaired) electrons. The monoisotopic (exact) mass is 308 g/mol. The Morgan fingerprint density at radius 1 is 1.33 bits per heavy atom. The van der Waals surface area contributed by atoms with Crippen molar-refractivity contribution >= 4 is 18.3 Å². The highest BCUT2D eigenvalue weighted by Gasteiger charge is 2.19. The molecular formula is C15H21ClN4O. The minimum absolute atomic E-state index is 0. The third-order valence-electron chi connectivity index (χ3n) is 3.16. The van der Waals surface area contributed by atoms with Crippen molar-refractivity contribution in [2.24, 2.45) is 7.05 Å². The van der Waals surface area contributed by atoms with Gasteiger partial charge in [0.2, 0.25) is 5.91 Å². The number of aromatic nitrogens is 2. The fraction of sp³-hybridized carbons (Fsp3) is 0.333. The molecule has 1 aromatic carbocycles. The van der Waals surface area contributed by atoms with Crippen molar-refractivity contribution < 1.29 is 4.79 Å². The Balaban J connectivity index is 0.00000220. The molecule has 2 rings (SSSR count). The van der Waals surface area contributed by atoms with Crippen LogP contribution in [0.2, 0.25) is 0 Å². The SMILES string of the molecule is CNC(C(=O)NCCc1ccccc1)c1cnn(C)c1.Cl. The van der Waals surface area contributed by atoms with Gasteiger partial charge >= 0.3 is 0 Å². The van der Waals surface area contributed by atoms with Gasteiger partial charge in [-0.05, 0) is 19.0 Å². The molecule has 2 N–H and O–H groups in total. The highest BCUT2D eigenvalue weighted by atomic mass is 35.5. The first-order valence-electron chi connectivity index (χ1n) is 6.68. The van der Waals surface area contributed by atoms with Gasteiger partial charge in [-0.1, -0.05) is 30.3 Å². The van der Waals surface area contributed by atoms with Gasteiger partial charge in [-0.15, -0.1) is 12.4 Å². The number of nitrogens with zero attached hydrogens (tertiary/aromatic N) is 2. The summed E-state index contributed by atoms with van der Waals surface area (Å²) < 4.78 is 1.69. The second-order valence-corrected chi connectivity index (χ2v) is 4.70. The van der Waals surface area contributed by atoms with Crippen molar-refractivity contribution in [2.45, 2.75) is 12.5 Å². The Labute approximate surface area is 131 Å². The lowest BCUT2D eigenvalue weighted by Gasteiger charge is -2.14. The van der Waals surface area contributed by atoms with Gasteiger partial charge in [-0.25, -0.2) is 0 Å². The van der Waals surface area contributed by atoms with Crippen molar-refractivity contribution in [3.8, 4) is 0 Å². The fourth-order valence-electron chi connectivity index (χ4n) is 2.12. The Morgan fingerprint density at radius 2 is 2.05 bits per heavy atom. The maximum Gasteiger partial charge on any atom is 0.241 e. The van der Waals surface area contributed by atoms with E-state index in [0.29, 0.717) is 6.54 Å². The Morgan fingerprint density at radius 3 is 2.62 bits per heavy atom. The predicted octanol–water partition coefficient (Wildman–Crippen LogP) is 1.46. The second kappa shape index (κ2) is 8.44. The van der Waals surface area contributed by atoms with Crippen LogP contribution in [-0.2, 0) is 18.3 Å². The summed E-state index contributed by atoms with van der Waals surface area (Å²) >= 11 is 0. The smallest absolute Gasteiger partial charge is 0.241 e. The number of likely N-dealkylation sites (N-methyl/N-ethyl adjacent to an activating group) is 1. The van der Waals surface area contributed by atoms with E-state index in [4.69, 9.17) is 0 Å². The summed E-state index contributed by atoms with van der Waals surface area (Å²) in [5, 5.41) is 10.1. The average molecular weight is 309 g/mol. The van der Waals surface area contributed by atoms with E-state index in [2.05, 4.69) is 27.9 Å². The Bertz CT molecular complexity index is 556. The molecule has 2 aromatic rings. The van der Waals surface area contributed by atoms with E-state index in [1.54, 1.807) is 17.9 Å². The van der Waals surface area contributed by atoms with Crippen LogP contribution < -0.4 is 10.6 Å². The van der Waals surface area contributed by atoms with Crippen LogP contribution in [0.15, 0.2) is 42.7 Å². The molecule has 1 heterocycles. The lowest BCUT2D eigenvalue weighted by molar-refractivity contribution is -0.123. The lowest BCUT2D eigenvalue weighted by Crippen LogP contribution is -2.36. The highest BCUT2D eigenvalue weighted by molar-refractivity contribution is 5.85. The fourth-order valence-corrected chi connectivity index (χ4v) is 2.12. The van der Waals surface area contributed by atoms with Crippen LogP contribution >= 0.6 is 12.4 Å². The van der Waals surface area contributed by atoms with E-state index in [1.807, 2.05) is 31.4 Å². The summed E-state index contributed by atoms with van der Waals surface area (Å²) in [4.78, 5) is 12.2. The van der Waals surface area contributed by atoms with Crippen LogP contribution in [0.5, 0.6) is 0 Å². The number of hydrogen-bond donors (Lipinski definition) is 2. The maximum absolute atomic E-state index is 12.2. The van der Waals surface area contributed by atoms with Gasteiger partial charge in [0.05, 0.1) is 6.20 Å². The van der Waals surface area contributed by atoms with Crippen molar-refractivity contribution in [3.05, 3.63) is 53.9 Å². The number of carbonyl (C=O) groups is 1. The number of carbonyl (C=O) groups excluding carboxylic acids is 1. The number of aryl methyl sites for hydroxylation is 1. The molecule has 21 heavy (non-hydrogen) atoms. The first-order valence-corrected chi connectivity index (χ1v) is 6.68. The maximum atomic E-state index is 12.2. The molecule has 0 saturated heterocycles. The van der Waals surface area contributed by atoms with Crippen LogP contribution in [0.25, 0.3) is 0 Å². The van der Waals surface area contributed by atoms with E-state index in [9.17, 15) is 4.79 Å². The van der Waals surface area contributed by atoms with Gasteiger partial charge < -0.3 is 10.6 Å². The number of hydrogen-bond acceptors (Lipinski definition) is 3. The van der Waals surface area contributed by atoms with E-state index < -0.39 is 0 Å². The van der Waals surface area contributed by atoms with Crippen molar-refractivity contribution in [1.82, 2.24) is 20.4 Å². The molecule has 0 aliphatic rings. The number of benzene rings is 1. The standard InChI is InChI=1S/C15H20N4O.ClH/c1-16-14(13-10-18-19(2)11-13)15(20)17-9-8-12-6-4-3-5-7-12;/h3-7,10-11,14,16H,8-9H2,1-2H3,(H,17,20);1H. The van der Waals surface area contributed by atoms with Crippen LogP contribution in [0.1, 0.15) is 17.2 Å². The van der Waals surface area contributed by atoms with Crippen LogP contribution in [0.4, 0.5) is 0 Å². The second-order valence-electron chi connectivity index (χ2n) is 4.70. The zero-order valence-corrected chi connectivity index (χ0v) is 13.1. The molecular weight excluding hydrogens is 288 g/mol. The van der Waals surface area contributed by atoms with Gasteiger partial charge in [0.15, 0.2) is 0 Å². The van der Waals surface area contributed by atoms with Gasteiger partial charge in [0.1, 0.15) is 6.04 Å². The summed E-state index contributed by atoms with van der Waals surface area (Å²) in [7, 11) is 3.61. The molecule has 114 valence electrons. The minimum atomic E-state index is -0.362. The molecule has 0 aliphatic carbocycles. The van der Waals surface area contributed by atoms with E-state index in [1.165, 1.54) is 5.56 Å².